The highest BCUT2D eigenvalue weighted by Crippen LogP contribution is 2.26. The number of carbonyl (C=O) groups excluding carboxylic acids is 1. The molecule has 0 spiro atoms. The van der Waals surface area contributed by atoms with Crippen molar-refractivity contribution < 1.29 is 56.2 Å². The van der Waals surface area contributed by atoms with Gasteiger partial charge in [0.25, 0.3) is 0 Å². The molecule has 13 heteroatoms. The fraction of sp³-hybridized carbons (Fsp3) is 0.868. The van der Waals surface area contributed by atoms with Crippen molar-refractivity contribution in [2.75, 3.05) is 26.4 Å². The van der Waals surface area contributed by atoms with Crippen LogP contribution in [-0.2, 0) is 38.3 Å². The molecular formula is C53H98O12S. The zero-order chi connectivity index (χ0) is 48.2. The molecule has 66 heavy (non-hydrogen) atoms. The van der Waals surface area contributed by atoms with Crippen molar-refractivity contribution in [2.45, 2.75) is 269 Å². The third-order valence-corrected chi connectivity index (χ3v) is 12.7. The highest BCUT2D eigenvalue weighted by molar-refractivity contribution is 7.80. The van der Waals surface area contributed by atoms with Gasteiger partial charge in [0.1, 0.15) is 30.5 Å². The van der Waals surface area contributed by atoms with E-state index in [1.165, 1.54) is 148 Å². The Morgan fingerprint density at radius 3 is 1.52 bits per heavy atom. The van der Waals surface area contributed by atoms with Gasteiger partial charge in [0.2, 0.25) is 0 Å². The van der Waals surface area contributed by atoms with Crippen LogP contribution >= 0.6 is 0 Å². The molecular weight excluding hydrogens is 861 g/mol. The molecule has 1 rings (SSSR count). The third kappa shape index (κ3) is 37.2. The smallest absolute Gasteiger partial charge is 0.397 e. The Kier molecular flexibility index (Phi) is 42.1. The van der Waals surface area contributed by atoms with E-state index in [9.17, 15) is 33.1 Å². The predicted molar refractivity (Wildman–Crippen MR) is 267 cm³/mol. The van der Waals surface area contributed by atoms with Crippen molar-refractivity contribution in [3.63, 3.8) is 0 Å². The molecule has 6 atom stereocenters. The van der Waals surface area contributed by atoms with E-state index < -0.39 is 59.8 Å². The number of carbonyl (C=O) groups is 1. The molecule has 1 saturated heterocycles. The van der Waals surface area contributed by atoms with Crippen LogP contribution in [0.4, 0.5) is 0 Å². The SMILES string of the molecule is CC/C=C\C/C=C\C/C=C\CCCCCC(=O)OC(COCCCCCCCCCCCCCCCCCCCCCCCCCCCC)COC1OC(CO)C(O)C(OS(=O)(=O)O)C1O. The summed E-state index contributed by atoms with van der Waals surface area (Å²) in [4.78, 5) is 12.9. The minimum absolute atomic E-state index is 0.0269. The number of ether oxygens (including phenoxy) is 4. The molecule has 1 aliphatic rings. The van der Waals surface area contributed by atoms with Crippen molar-refractivity contribution in [1.29, 1.82) is 0 Å². The molecule has 0 aromatic heterocycles. The van der Waals surface area contributed by atoms with Crippen LogP contribution in [0.2, 0.25) is 0 Å². The van der Waals surface area contributed by atoms with Crippen LogP contribution in [0.3, 0.4) is 0 Å². The van der Waals surface area contributed by atoms with E-state index in [-0.39, 0.29) is 19.6 Å². The summed E-state index contributed by atoms with van der Waals surface area (Å²) in [6.07, 6.45) is 44.9. The van der Waals surface area contributed by atoms with E-state index >= 15 is 0 Å². The molecule has 0 radical (unpaired) electrons. The van der Waals surface area contributed by atoms with Crippen LogP contribution in [0, 0.1) is 0 Å². The predicted octanol–water partition coefficient (Wildman–Crippen LogP) is 12.5. The maximum Gasteiger partial charge on any atom is 0.397 e. The zero-order valence-corrected chi connectivity index (χ0v) is 42.6. The van der Waals surface area contributed by atoms with Crippen molar-refractivity contribution in [1.82, 2.24) is 0 Å². The van der Waals surface area contributed by atoms with Crippen molar-refractivity contribution >= 4 is 16.4 Å². The van der Waals surface area contributed by atoms with Gasteiger partial charge in [-0.3, -0.25) is 9.35 Å². The summed E-state index contributed by atoms with van der Waals surface area (Å²) >= 11 is 0. The number of rotatable bonds is 47. The molecule has 388 valence electrons. The lowest BCUT2D eigenvalue weighted by molar-refractivity contribution is -0.301. The Morgan fingerprint density at radius 2 is 1.05 bits per heavy atom. The lowest BCUT2D eigenvalue weighted by Crippen LogP contribution is -2.60. The van der Waals surface area contributed by atoms with E-state index in [2.05, 4.69) is 54.5 Å². The molecule has 1 heterocycles. The number of aliphatic hydroxyl groups excluding tert-OH is 3. The molecule has 12 nitrogen and oxygen atoms in total. The van der Waals surface area contributed by atoms with E-state index in [0.717, 1.165) is 57.8 Å². The van der Waals surface area contributed by atoms with Crippen LogP contribution in [0.15, 0.2) is 36.5 Å². The first-order valence-corrected chi connectivity index (χ1v) is 28.1. The van der Waals surface area contributed by atoms with Crippen LogP contribution < -0.4 is 0 Å². The van der Waals surface area contributed by atoms with Gasteiger partial charge in [-0.25, -0.2) is 4.18 Å². The number of esters is 1. The van der Waals surface area contributed by atoms with Gasteiger partial charge in [-0.15, -0.1) is 0 Å². The molecule has 0 aliphatic carbocycles. The summed E-state index contributed by atoms with van der Waals surface area (Å²) in [5.74, 6) is -0.424. The van der Waals surface area contributed by atoms with E-state index in [1.54, 1.807) is 0 Å². The van der Waals surface area contributed by atoms with Gasteiger partial charge >= 0.3 is 16.4 Å². The number of hydrogen-bond donors (Lipinski definition) is 4. The van der Waals surface area contributed by atoms with E-state index in [0.29, 0.717) is 13.0 Å². The zero-order valence-electron chi connectivity index (χ0n) is 41.8. The first-order valence-electron chi connectivity index (χ1n) is 26.7. The maximum absolute atomic E-state index is 12.9. The van der Waals surface area contributed by atoms with Gasteiger partial charge in [0.15, 0.2) is 6.29 Å². The Balaban J connectivity index is 2.27. The van der Waals surface area contributed by atoms with Crippen LogP contribution in [0.25, 0.3) is 0 Å². The molecule has 0 amide bonds. The fourth-order valence-corrected chi connectivity index (χ4v) is 8.79. The average Bonchev–Trinajstić information content (AvgIpc) is 3.29. The Morgan fingerprint density at radius 1 is 0.591 bits per heavy atom. The highest BCUT2D eigenvalue weighted by atomic mass is 32.3. The number of hydrogen-bond acceptors (Lipinski definition) is 11. The first kappa shape index (κ1) is 62.3. The second kappa shape index (κ2) is 44.5. The summed E-state index contributed by atoms with van der Waals surface area (Å²) in [7, 11) is -5.07. The molecule has 0 saturated carbocycles. The molecule has 0 bridgehead atoms. The lowest BCUT2D eigenvalue weighted by Gasteiger charge is -2.41. The number of aliphatic hydroxyl groups is 3. The molecule has 1 fully saturated rings. The third-order valence-electron chi connectivity index (χ3n) is 12.3. The standard InChI is InChI=1S/C53H98O12S/c1-3-5-7-9-11-13-15-17-18-19-20-21-22-23-24-25-26-27-28-29-31-33-35-37-39-41-43-61-45-47(46-62-53-51(57)52(65-66(58,59)60)50(56)48(44-54)64-53)63-49(55)42-40-38-36-34-32-30-16-14-12-10-8-6-4-2/h6,8,12,14,30,32,47-48,50-54,56-57H,3-5,7,9-11,13,15-29,31,33-46H2,1-2H3,(H,58,59,60)/b8-6-,14-12-,32-30-. The first-order chi connectivity index (χ1) is 32.1. The van der Waals surface area contributed by atoms with Gasteiger partial charge < -0.3 is 34.3 Å². The topological polar surface area (TPSA) is 178 Å². The summed E-state index contributed by atoms with van der Waals surface area (Å²) in [6.45, 7) is 3.87. The monoisotopic (exact) mass is 959 g/mol. The van der Waals surface area contributed by atoms with Gasteiger partial charge in [-0.1, -0.05) is 217 Å². The molecule has 1 aliphatic heterocycles. The highest BCUT2D eigenvalue weighted by Gasteiger charge is 2.48. The van der Waals surface area contributed by atoms with Crippen LogP contribution in [0.5, 0.6) is 0 Å². The van der Waals surface area contributed by atoms with Crippen molar-refractivity contribution in [3.05, 3.63) is 36.5 Å². The normalized spacial score (nSPS) is 19.8. The largest absolute Gasteiger partial charge is 0.457 e. The van der Waals surface area contributed by atoms with Gasteiger partial charge in [-0.2, -0.15) is 8.42 Å². The summed E-state index contributed by atoms with van der Waals surface area (Å²) < 4.78 is 59.2. The van der Waals surface area contributed by atoms with Crippen molar-refractivity contribution in [3.8, 4) is 0 Å². The molecule has 6 unspecified atom stereocenters. The van der Waals surface area contributed by atoms with Crippen molar-refractivity contribution in [2.24, 2.45) is 0 Å². The van der Waals surface area contributed by atoms with Gasteiger partial charge in [-0.05, 0) is 44.9 Å². The second-order valence-corrected chi connectivity index (χ2v) is 19.5. The Bertz CT molecular complexity index is 1290. The lowest BCUT2D eigenvalue weighted by atomic mass is 9.99. The summed E-state index contributed by atoms with van der Waals surface area (Å²) in [5, 5.41) is 30.7. The number of unbranched alkanes of at least 4 members (excludes halogenated alkanes) is 28. The van der Waals surface area contributed by atoms with Gasteiger partial charge in [0.05, 0.1) is 19.8 Å². The van der Waals surface area contributed by atoms with Crippen LogP contribution in [0.1, 0.15) is 232 Å². The minimum atomic E-state index is -5.07. The average molecular weight is 959 g/mol. The van der Waals surface area contributed by atoms with E-state index in [4.69, 9.17) is 18.9 Å². The molecule has 4 N–H and O–H groups in total. The Hall–Kier alpha value is -1.68. The fourth-order valence-electron chi connectivity index (χ4n) is 8.28. The minimum Gasteiger partial charge on any atom is -0.457 e. The Labute approximate surface area is 403 Å². The molecule has 0 aromatic rings. The number of allylic oxidation sites excluding steroid dienone is 6. The quantitative estimate of drug-likeness (QED) is 0.0197. The van der Waals surface area contributed by atoms with Crippen LogP contribution in [-0.4, -0.2) is 97.5 Å². The second-order valence-electron chi connectivity index (χ2n) is 18.4. The molecule has 0 aromatic carbocycles. The summed E-state index contributed by atoms with van der Waals surface area (Å²) in [6, 6.07) is 0. The maximum atomic E-state index is 12.9. The summed E-state index contributed by atoms with van der Waals surface area (Å²) in [5.41, 5.74) is 0. The van der Waals surface area contributed by atoms with E-state index in [1.807, 2.05) is 0 Å². The van der Waals surface area contributed by atoms with Gasteiger partial charge in [0, 0.05) is 13.0 Å².